The number of nitrogens with one attached hydrogen (secondary N) is 1. The van der Waals surface area contributed by atoms with E-state index in [0.29, 0.717) is 12.6 Å². The molecule has 1 aromatic rings. The molecule has 2 nitrogen and oxygen atoms in total. The van der Waals surface area contributed by atoms with E-state index >= 15 is 0 Å². The first kappa shape index (κ1) is 13.6. The maximum Gasteiger partial charge on any atom is 0.0791 e. The van der Waals surface area contributed by atoms with Gasteiger partial charge in [0.1, 0.15) is 0 Å². The maximum atomic E-state index is 5.43. The van der Waals surface area contributed by atoms with Crippen LogP contribution in [-0.2, 0) is 0 Å². The molecule has 1 atom stereocenters. The molecule has 1 unspecified atom stereocenters. The highest BCUT2D eigenvalue weighted by atomic mass is 15.1. The molecule has 0 fully saturated rings. The van der Waals surface area contributed by atoms with Crippen LogP contribution in [0.15, 0.2) is 24.3 Å². The van der Waals surface area contributed by atoms with Crippen LogP contribution in [-0.4, -0.2) is 20.1 Å². The van der Waals surface area contributed by atoms with Crippen molar-refractivity contribution in [1.29, 1.82) is 0 Å². The lowest BCUT2D eigenvalue weighted by molar-refractivity contribution is 0.575. The lowest BCUT2D eigenvalue weighted by Gasteiger charge is -2.26. The van der Waals surface area contributed by atoms with Crippen LogP contribution >= 0.6 is 0 Å². The Morgan fingerprint density at radius 1 is 1.35 bits per heavy atom. The Bertz CT molecular complexity index is 375. The molecule has 17 heavy (non-hydrogen) atoms. The maximum absolute atomic E-state index is 5.43. The van der Waals surface area contributed by atoms with Gasteiger partial charge in [0.05, 0.1) is 6.54 Å². The van der Waals surface area contributed by atoms with Crippen LogP contribution in [0.4, 0.5) is 5.69 Å². The van der Waals surface area contributed by atoms with Crippen LogP contribution < -0.4 is 10.2 Å². The van der Waals surface area contributed by atoms with Crippen molar-refractivity contribution in [2.24, 2.45) is 0 Å². The molecule has 0 saturated carbocycles. The summed E-state index contributed by atoms with van der Waals surface area (Å²) in [5.41, 5.74) is 2.57. The molecule has 1 N–H and O–H groups in total. The zero-order chi connectivity index (χ0) is 12.7. The second kappa shape index (κ2) is 6.98. The Balaban J connectivity index is 3.10. The number of terminal acetylenes is 1. The summed E-state index contributed by atoms with van der Waals surface area (Å²) in [6, 6.07) is 8.87. The number of nitrogens with zero attached hydrogens (tertiary/aromatic N) is 1. The number of hydrogen-bond donors (Lipinski definition) is 1. The molecule has 0 amide bonds. The van der Waals surface area contributed by atoms with Crippen molar-refractivity contribution in [2.75, 3.05) is 25.0 Å². The summed E-state index contributed by atoms with van der Waals surface area (Å²) in [5.74, 6) is 2.72. The number of para-hydroxylation sites is 1. The molecule has 0 spiro atoms. The lowest BCUT2D eigenvalue weighted by Crippen LogP contribution is -2.26. The van der Waals surface area contributed by atoms with Crippen molar-refractivity contribution in [3.8, 4) is 12.3 Å². The lowest BCUT2D eigenvalue weighted by atomic mass is 10.0. The Morgan fingerprint density at radius 2 is 2.06 bits per heavy atom. The van der Waals surface area contributed by atoms with Crippen LogP contribution in [0.1, 0.15) is 31.9 Å². The molecule has 1 rings (SSSR count). The van der Waals surface area contributed by atoms with E-state index < -0.39 is 0 Å². The smallest absolute Gasteiger partial charge is 0.0791 e. The van der Waals surface area contributed by atoms with Crippen molar-refractivity contribution >= 4 is 5.69 Å². The average molecular weight is 230 g/mol. The summed E-state index contributed by atoms with van der Waals surface area (Å²) in [5, 5.41) is 3.35. The van der Waals surface area contributed by atoms with Gasteiger partial charge in [0.2, 0.25) is 0 Å². The van der Waals surface area contributed by atoms with E-state index in [0.717, 1.165) is 13.0 Å². The minimum Gasteiger partial charge on any atom is -0.360 e. The van der Waals surface area contributed by atoms with E-state index in [9.17, 15) is 0 Å². The van der Waals surface area contributed by atoms with Crippen molar-refractivity contribution in [1.82, 2.24) is 5.32 Å². The fraction of sp³-hybridized carbons (Fsp3) is 0.467. The fourth-order valence-electron chi connectivity index (χ4n) is 2.13. The summed E-state index contributed by atoms with van der Waals surface area (Å²) in [7, 11) is 2.00. The van der Waals surface area contributed by atoms with E-state index in [1.807, 2.05) is 7.05 Å². The van der Waals surface area contributed by atoms with Gasteiger partial charge >= 0.3 is 0 Å². The zero-order valence-electron chi connectivity index (χ0n) is 11.0. The van der Waals surface area contributed by atoms with E-state index in [2.05, 4.69) is 54.3 Å². The van der Waals surface area contributed by atoms with Gasteiger partial charge in [0, 0.05) is 18.3 Å². The van der Waals surface area contributed by atoms with Crippen LogP contribution in [0, 0.1) is 12.3 Å². The molecule has 2 heteroatoms. The molecular formula is C15H22N2. The highest BCUT2D eigenvalue weighted by molar-refractivity contribution is 5.55. The summed E-state index contributed by atoms with van der Waals surface area (Å²) < 4.78 is 0. The minimum absolute atomic E-state index is 0.387. The Morgan fingerprint density at radius 3 is 2.59 bits per heavy atom. The van der Waals surface area contributed by atoms with E-state index in [-0.39, 0.29) is 0 Å². The monoisotopic (exact) mass is 230 g/mol. The van der Waals surface area contributed by atoms with E-state index in [1.54, 1.807) is 0 Å². The minimum atomic E-state index is 0.387. The summed E-state index contributed by atoms with van der Waals surface area (Å²) >= 11 is 0. The second-order valence-corrected chi connectivity index (χ2v) is 4.03. The standard InChI is InChI=1S/C15H22N2/c1-5-12-17(7-3)15-11-9-8-10-13(15)14(6-2)16-4/h1,8-11,14,16H,6-7,12H2,2-4H3. The predicted octanol–water partition coefficient (Wildman–Crippen LogP) is 2.82. The molecule has 0 radical (unpaired) electrons. The van der Waals surface area contributed by atoms with Gasteiger partial charge in [-0.05, 0) is 32.0 Å². The first-order valence-electron chi connectivity index (χ1n) is 6.23. The number of rotatable bonds is 6. The van der Waals surface area contributed by atoms with Crippen LogP contribution in [0.25, 0.3) is 0 Å². The third-order valence-corrected chi connectivity index (χ3v) is 3.07. The van der Waals surface area contributed by atoms with Gasteiger partial charge in [-0.25, -0.2) is 0 Å². The molecule has 0 bridgehead atoms. The number of anilines is 1. The van der Waals surface area contributed by atoms with Gasteiger partial charge in [0.25, 0.3) is 0 Å². The highest BCUT2D eigenvalue weighted by Crippen LogP contribution is 2.27. The first-order chi connectivity index (χ1) is 8.28. The largest absolute Gasteiger partial charge is 0.360 e. The SMILES string of the molecule is C#CCN(CC)c1ccccc1C(CC)NC. The first-order valence-corrected chi connectivity index (χ1v) is 6.23. The molecule has 0 saturated heterocycles. The van der Waals surface area contributed by atoms with Crippen molar-refractivity contribution < 1.29 is 0 Å². The average Bonchev–Trinajstić information content (AvgIpc) is 2.38. The Kier molecular flexibility index (Phi) is 5.59. The van der Waals surface area contributed by atoms with Crippen molar-refractivity contribution in [3.63, 3.8) is 0 Å². The molecular weight excluding hydrogens is 208 g/mol. The fourth-order valence-corrected chi connectivity index (χ4v) is 2.13. The van der Waals surface area contributed by atoms with E-state index in [1.165, 1.54) is 11.3 Å². The van der Waals surface area contributed by atoms with Gasteiger partial charge in [-0.1, -0.05) is 31.0 Å². The number of hydrogen-bond acceptors (Lipinski definition) is 2. The molecule has 0 aliphatic carbocycles. The molecule has 0 aliphatic rings. The third kappa shape index (κ3) is 3.25. The molecule has 1 aromatic carbocycles. The highest BCUT2D eigenvalue weighted by Gasteiger charge is 2.14. The second-order valence-electron chi connectivity index (χ2n) is 4.03. The summed E-state index contributed by atoms with van der Waals surface area (Å²) in [4.78, 5) is 2.23. The van der Waals surface area contributed by atoms with Gasteiger partial charge < -0.3 is 10.2 Å². The molecule has 0 aliphatic heterocycles. The number of benzene rings is 1. The Hall–Kier alpha value is -1.46. The van der Waals surface area contributed by atoms with E-state index in [4.69, 9.17) is 6.42 Å². The van der Waals surface area contributed by atoms with Crippen LogP contribution in [0.5, 0.6) is 0 Å². The van der Waals surface area contributed by atoms with Gasteiger partial charge in [-0.15, -0.1) is 6.42 Å². The normalized spacial score (nSPS) is 11.9. The van der Waals surface area contributed by atoms with Crippen LogP contribution in [0.2, 0.25) is 0 Å². The quantitative estimate of drug-likeness (QED) is 0.756. The third-order valence-electron chi connectivity index (χ3n) is 3.07. The Labute approximate surface area is 105 Å². The summed E-state index contributed by atoms with van der Waals surface area (Å²) in [6.07, 6.45) is 6.50. The predicted molar refractivity (Wildman–Crippen MR) is 75.3 cm³/mol. The van der Waals surface area contributed by atoms with Crippen molar-refractivity contribution in [3.05, 3.63) is 29.8 Å². The van der Waals surface area contributed by atoms with Crippen LogP contribution in [0.3, 0.4) is 0 Å². The topological polar surface area (TPSA) is 15.3 Å². The van der Waals surface area contributed by atoms with Gasteiger partial charge in [-0.2, -0.15) is 0 Å². The zero-order valence-corrected chi connectivity index (χ0v) is 11.0. The molecule has 0 heterocycles. The molecule has 0 aromatic heterocycles. The molecule has 92 valence electrons. The van der Waals surface area contributed by atoms with Gasteiger partial charge in [-0.3, -0.25) is 0 Å². The van der Waals surface area contributed by atoms with Crippen molar-refractivity contribution in [2.45, 2.75) is 26.3 Å². The summed E-state index contributed by atoms with van der Waals surface area (Å²) in [6.45, 7) is 5.92. The van der Waals surface area contributed by atoms with Gasteiger partial charge in [0.15, 0.2) is 0 Å².